The minimum atomic E-state index is -1.82. The van der Waals surface area contributed by atoms with Crippen molar-refractivity contribution in [2.75, 3.05) is 7.11 Å². The van der Waals surface area contributed by atoms with E-state index >= 15 is 0 Å². The van der Waals surface area contributed by atoms with Crippen LogP contribution in [0.5, 0.6) is 0 Å². The summed E-state index contributed by atoms with van der Waals surface area (Å²) in [6.07, 6.45) is 1.04. The molecule has 3 atom stereocenters. The van der Waals surface area contributed by atoms with Crippen LogP contribution < -0.4 is 0 Å². The van der Waals surface area contributed by atoms with Gasteiger partial charge in [-0.25, -0.2) is 0 Å². The molecular weight excluding hydrogens is 308 g/mol. The van der Waals surface area contributed by atoms with Crippen LogP contribution >= 0.6 is 0 Å². The number of aliphatic hydroxyl groups excluding tert-OH is 1. The summed E-state index contributed by atoms with van der Waals surface area (Å²) in [5, 5.41) is 22.0. The van der Waals surface area contributed by atoms with Gasteiger partial charge in [-0.05, 0) is 38.0 Å². The molecule has 0 bridgehead atoms. The Kier molecular flexibility index (Phi) is 7.17. The van der Waals surface area contributed by atoms with E-state index in [4.69, 9.17) is 4.74 Å². The monoisotopic (exact) mass is 340 g/mol. The normalized spacial score (nSPS) is 25.8. The van der Waals surface area contributed by atoms with E-state index in [1.807, 2.05) is 27.7 Å². The molecule has 24 heavy (non-hydrogen) atoms. The van der Waals surface area contributed by atoms with Gasteiger partial charge < -0.3 is 14.9 Å². The fourth-order valence-corrected chi connectivity index (χ4v) is 3.39. The van der Waals surface area contributed by atoms with Crippen molar-refractivity contribution in [2.24, 2.45) is 17.8 Å². The Morgan fingerprint density at radius 1 is 1.17 bits per heavy atom. The molecule has 1 aliphatic carbocycles. The Balaban J connectivity index is 3.27. The molecule has 0 saturated carbocycles. The van der Waals surface area contributed by atoms with E-state index in [1.54, 1.807) is 0 Å². The van der Waals surface area contributed by atoms with Crippen LogP contribution in [0.4, 0.5) is 0 Å². The molecule has 3 unspecified atom stereocenters. The third-order valence-electron chi connectivity index (χ3n) is 4.80. The summed E-state index contributed by atoms with van der Waals surface area (Å²) in [5.74, 6) is -1.04. The summed E-state index contributed by atoms with van der Waals surface area (Å²) < 4.78 is 5.26. The fourth-order valence-electron chi connectivity index (χ4n) is 3.39. The maximum atomic E-state index is 12.8. The smallest absolute Gasteiger partial charge is 0.176 e. The van der Waals surface area contributed by atoms with Crippen LogP contribution in [0, 0.1) is 17.8 Å². The standard InChI is InChI=1S/C19H32O5/c1-11(2)7-9-14-17(22)16(13(5)20)18(24-6)19(14,23)15(21)10-8-12(3)4/h11-12,14-15,21,23H,7-10H2,1-6H3. The van der Waals surface area contributed by atoms with Gasteiger partial charge in [0.05, 0.1) is 19.1 Å². The van der Waals surface area contributed by atoms with Crippen LogP contribution in [0.2, 0.25) is 0 Å². The number of carbonyl (C=O) groups excluding carboxylic acids is 2. The lowest BCUT2D eigenvalue weighted by atomic mass is 9.78. The zero-order chi connectivity index (χ0) is 18.7. The molecule has 1 aliphatic rings. The molecular formula is C19H32O5. The molecule has 0 heterocycles. The van der Waals surface area contributed by atoms with Crippen molar-refractivity contribution in [3.63, 3.8) is 0 Å². The van der Waals surface area contributed by atoms with Gasteiger partial charge in [0.1, 0.15) is 11.3 Å². The quantitative estimate of drug-likeness (QED) is 0.630. The molecule has 5 nitrogen and oxygen atoms in total. The van der Waals surface area contributed by atoms with Gasteiger partial charge in [-0.2, -0.15) is 0 Å². The van der Waals surface area contributed by atoms with E-state index in [-0.39, 0.29) is 11.3 Å². The zero-order valence-corrected chi connectivity index (χ0v) is 15.8. The highest BCUT2D eigenvalue weighted by Gasteiger charge is 2.58. The first-order chi connectivity index (χ1) is 11.1. The first-order valence-electron chi connectivity index (χ1n) is 8.81. The van der Waals surface area contributed by atoms with Gasteiger partial charge in [0, 0.05) is 0 Å². The van der Waals surface area contributed by atoms with Crippen LogP contribution in [0.15, 0.2) is 11.3 Å². The van der Waals surface area contributed by atoms with Crippen molar-refractivity contribution in [1.82, 2.24) is 0 Å². The predicted molar refractivity (Wildman–Crippen MR) is 92.3 cm³/mol. The van der Waals surface area contributed by atoms with Crippen LogP contribution in [0.25, 0.3) is 0 Å². The number of hydrogen-bond donors (Lipinski definition) is 2. The molecule has 0 fully saturated rings. The van der Waals surface area contributed by atoms with E-state index in [2.05, 4.69) is 0 Å². The van der Waals surface area contributed by atoms with Crippen LogP contribution in [0.1, 0.15) is 60.3 Å². The highest BCUT2D eigenvalue weighted by atomic mass is 16.5. The lowest BCUT2D eigenvalue weighted by Crippen LogP contribution is -2.50. The minimum absolute atomic E-state index is 0.0648. The van der Waals surface area contributed by atoms with Gasteiger partial charge in [-0.15, -0.1) is 0 Å². The van der Waals surface area contributed by atoms with E-state index in [0.717, 1.165) is 6.42 Å². The number of methoxy groups -OCH3 is 1. The summed E-state index contributed by atoms with van der Waals surface area (Å²) in [4.78, 5) is 24.7. The number of Topliss-reactive ketones (excluding diaryl/α,β-unsaturated/α-hetero) is 2. The molecule has 0 saturated heterocycles. The van der Waals surface area contributed by atoms with Crippen LogP contribution in [-0.2, 0) is 14.3 Å². The van der Waals surface area contributed by atoms with E-state index in [9.17, 15) is 19.8 Å². The number of ether oxygens (including phenoxy) is 1. The fraction of sp³-hybridized carbons (Fsp3) is 0.789. The van der Waals surface area contributed by atoms with Crippen molar-refractivity contribution in [2.45, 2.75) is 72.0 Å². The second-order valence-corrected chi connectivity index (χ2v) is 7.66. The molecule has 0 aromatic heterocycles. The largest absolute Gasteiger partial charge is 0.497 e. The first-order valence-corrected chi connectivity index (χ1v) is 8.81. The van der Waals surface area contributed by atoms with Crippen molar-refractivity contribution in [3.05, 3.63) is 11.3 Å². The average Bonchev–Trinajstić information content (AvgIpc) is 2.70. The van der Waals surface area contributed by atoms with Gasteiger partial charge in [0.15, 0.2) is 17.2 Å². The van der Waals surface area contributed by atoms with Crippen LogP contribution in [0.3, 0.4) is 0 Å². The molecule has 0 radical (unpaired) electrons. The number of hydrogen-bond acceptors (Lipinski definition) is 5. The summed E-state index contributed by atoms with van der Waals surface area (Å²) in [7, 11) is 1.33. The summed E-state index contributed by atoms with van der Waals surface area (Å²) >= 11 is 0. The van der Waals surface area contributed by atoms with Crippen molar-refractivity contribution < 1.29 is 24.5 Å². The summed E-state index contributed by atoms with van der Waals surface area (Å²) in [6, 6.07) is 0. The Morgan fingerprint density at radius 2 is 1.71 bits per heavy atom. The van der Waals surface area contributed by atoms with E-state index in [1.165, 1.54) is 14.0 Å². The first kappa shape index (κ1) is 20.8. The number of carbonyl (C=O) groups is 2. The Bertz CT molecular complexity index is 506. The SMILES string of the molecule is COC1=C(C(C)=O)C(=O)C(CCC(C)C)C1(O)C(O)CCC(C)C. The van der Waals surface area contributed by atoms with Crippen molar-refractivity contribution >= 4 is 11.6 Å². The molecule has 5 heteroatoms. The van der Waals surface area contributed by atoms with Crippen molar-refractivity contribution in [3.8, 4) is 0 Å². The minimum Gasteiger partial charge on any atom is -0.497 e. The Hall–Kier alpha value is -1.20. The number of aliphatic hydroxyl groups is 2. The predicted octanol–water partition coefficient (Wildman–Crippen LogP) is 2.64. The lowest BCUT2D eigenvalue weighted by Gasteiger charge is -2.36. The molecule has 2 N–H and O–H groups in total. The second-order valence-electron chi connectivity index (χ2n) is 7.66. The summed E-state index contributed by atoms with van der Waals surface area (Å²) in [5.41, 5.74) is -1.92. The van der Waals surface area contributed by atoms with E-state index < -0.39 is 29.2 Å². The van der Waals surface area contributed by atoms with Gasteiger partial charge in [-0.1, -0.05) is 34.1 Å². The van der Waals surface area contributed by atoms with Crippen LogP contribution in [-0.4, -0.2) is 40.6 Å². The summed E-state index contributed by atoms with van der Waals surface area (Å²) in [6.45, 7) is 9.41. The zero-order valence-electron chi connectivity index (χ0n) is 15.8. The lowest BCUT2D eigenvalue weighted by molar-refractivity contribution is -0.138. The molecule has 0 spiro atoms. The third kappa shape index (κ3) is 4.06. The molecule has 1 rings (SSSR count). The van der Waals surface area contributed by atoms with Gasteiger partial charge in [0.2, 0.25) is 0 Å². The Morgan fingerprint density at radius 3 is 2.12 bits per heavy atom. The number of allylic oxidation sites excluding steroid dienone is 1. The van der Waals surface area contributed by atoms with Gasteiger partial charge >= 0.3 is 0 Å². The number of ketones is 2. The third-order valence-corrected chi connectivity index (χ3v) is 4.80. The highest BCUT2D eigenvalue weighted by Crippen LogP contribution is 2.45. The van der Waals surface area contributed by atoms with E-state index in [0.29, 0.717) is 31.1 Å². The molecule has 138 valence electrons. The molecule has 0 aromatic carbocycles. The average molecular weight is 340 g/mol. The maximum Gasteiger partial charge on any atom is 0.176 e. The van der Waals surface area contributed by atoms with Gasteiger partial charge in [-0.3, -0.25) is 9.59 Å². The molecule has 0 aliphatic heterocycles. The molecule has 0 amide bonds. The second kappa shape index (κ2) is 8.26. The molecule has 0 aromatic rings. The van der Waals surface area contributed by atoms with Gasteiger partial charge in [0.25, 0.3) is 0 Å². The van der Waals surface area contributed by atoms with Crippen molar-refractivity contribution in [1.29, 1.82) is 0 Å². The topological polar surface area (TPSA) is 83.8 Å². The Labute approximate surface area is 145 Å². The maximum absolute atomic E-state index is 12.8. The highest BCUT2D eigenvalue weighted by molar-refractivity contribution is 6.23. The number of rotatable bonds is 9.